The second-order valence-electron chi connectivity index (χ2n) is 7.41. The SMILES string of the molecule is COc1ccccc1N1CCN(C(=O)c2onc(-c3ccc(F)cc3)c2[C@H](C)O)CC1. The Balaban J connectivity index is 1.53. The zero-order chi connectivity index (χ0) is 22.0. The normalized spacial score (nSPS) is 15.1. The number of aromatic nitrogens is 1. The van der Waals surface area contributed by atoms with Gasteiger partial charge in [-0.15, -0.1) is 0 Å². The standard InChI is InChI=1S/C23H24FN3O4/c1-15(28)20-21(16-7-9-17(24)10-8-16)25-31-22(20)23(29)27-13-11-26(12-14-27)18-5-3-4-6-19(18)30-2/h3-10,15,28H,11-14H2,1-2H3/t15-/m0/s1. The number of hydrogen-bond acceptors (Lipinski definition) is 6. The molecule has 0 aliphatic carbocycles. The lowest BCUT2D eigenvalue weighted by atomic mass is 10.0. The second kappa shape index (κ2) is 8.77. The van der Waals surface area contributed by atoms with Crippen LogP contribution in [0, 0.1) is 5.82 Å². The number of halogens is 1. The van der Waals surface area contributed by atoms with E-state index in [4.69, 9.17) is 9.26 Å². The number of aliphatic hydroxyl groups is 1. The Morgan fingerprint density at radius 1 is 1.13 bits per heavy atom. The number of anilines is 1. The molecule has 3 aromatic rings. The van der Waals surface area contributed by atoms with Gasteiger partial charge in [-0.1, -0.05) is 17.3 Å². The number of benzene rings is 2. The predicted molar refractivity (Wildman–Crippen MR) is 114 cm³/mol. The first kappa shape index (κ1) is 20.9. The van der Waals surface area contributed by atoms with Gasteiger partial charge in [0.1, 0.15) is 17.3 Å². The average Bonchev–Trinajstić information content (AvgIpc) is 3.24. The van der Waals surface area contributed by atoms with Gasteiger partial charge in [-0.2, -0.15) is 0 Å². The van der Waals surface area contributed by atoms with Crippen LogP contribution in [-0.4, -0.2) is 54.4 Å². The number of nitrogens with zero attached hydrogens (tertiary/aromatic N) is 3. The predicted octanol–water partition coefficient (Wildman–Crippen LogP) is 3.51. The molecule has 0 radical (unpaired) electrons. The zero-order valence-electron chi connectivity index (χ0n) is 17.4. The van der Waals surface area contributed by atoms with E-state index in [9.17, 15) is 14.3 Å². The van der Waals surface area contributed by atoms with Gasteiger partial charge in [0, 0.05) is 31.7 Å². The van der Waals surface area contributed by atoms with Crippen LogP contribution in [0.5, 0.6) is 5.75 Å². The van der Waals surface area contributed by atoms with E-state index >= 15 is 0 Å². The maximum atomic E-state index is 13.3. The quantitative estimate of drug-likeness (QED) is 0.674. The highest BCUT2D eigenvalue weighted by molar-refractivity contribution is 5.95. The van der Waals surface area contributed by atoms with E-state index in [0.29, 0.717) is 43.0 Å². The van der Waals surface area contributed by atoms with Gasteiger partial charge in [0.05, 0.1) is 24.5 Å². The summed E-state index contributed by atoms with van der Waals surface area (Å²) < 4.78 is 24.1. The van der Waals surface area contributed by atoms with Crippen molar-refractivity contribution in [2.24, 2.45) is 0 Å². The topological polar surface area (TPSA) is 79.0 Å². The van der Waals surface area contributed by atoms with E-state index in [1.54, 1.807) is 31.1 Å². The Morgan fingerprint density at radius 2 is 1.81 bits per heavy atom. The maximum absolute atomic E-state index is 13.3. The van der Waals surface area contributed by atoms with Crippen molar-refractivity contribution in [3.63, 3.8) is 0 Å². The van der Waals surface area contributed by atoms with Gasteiger partial charge in [-0.3, -0.25) is 4.79 Å². The second-order valence-corrected chi connectivity index (χ2v) is 7.41. The molecule has 7 nitrogen and oxygen atoms in total. The summed E-state index contributed by atoms with van der Waals surface area (Å²) >= 11 is 0. The van der Waals surface area contributed by atoms with Crippen molar-refractivity contribution in [3.8, 4) is 17.0 Å². The highest BCUT2D eigenvalue weighted by Crippen LogP contribution is 2.32. The lowest BCUT2D eigenvalue weighted by molar-refractivity contribution is 0.0696. The van der Waals surface area contributed by atoms with Crippen molar-refractivity contribution in [2.75, 3.05) is 38.2 Å². The number of aliphatic hydroxyl groups excluding tert-OH is 1. The van der Waals surface area contributed by atoms with E-state index < -0.39 is 6.10 Å². The Morgan fingerprint density at radius 3 is 2.45 bits per heavy atom. The van der Waals surface area contributed by atoms with E-state index in [1.165, 1.54) is 12.1 Å². The Hall–Kier alpha value is -3.39. The lowest BCUT2D eigenvalue weighted by Gasteiger charge is -2.36. The van der Waals surface area contributed by atoms with Gasteiger partial charge in [0.25, 0.3) is 5.91 Å². The van der Waals surface area contributed by atoms with Crippen LogP contribution in [-0.2, 0) is 0 Å². The number of rotatable bonds is 5. The van der Waals surface area contributed by atoms with E-state index in [-0.39, 0.29) is 17.5 Å². The first-order valence-electron chi connectivity index (χ1n) is 10.1. The van der Waals surface area contributed by atoms with Crippen molar-refractivity contribution in [1.82, 2.24) is 10.1 Å². The first-order chi connectivity index (χ1) is 15.0. The van der Waals surface area contributed by atoms with Crippen LogP contribution in [0.1, 0.15) is 29.1 Å². The van der Waals surface area contributed by atoms with Crippen LogP contribution >= 0.6 is 0 Å². The molecule has 4 rings (SSSR count). The maximum Gasteiger partial charge on any atom is 0.293 e. The molecular formula is C23H24FN3O4. The van der Waals surface area contributed by atoms with Crippen LogP contribution in [0.15, 0.2) is 53.1 Å². The number of amides is 1. The smallest absolute Gasteiger partial charge is 0.293 e. The third kappa shape index (κ3) is 4.11. The van der Waals surface area contributed by atoms with E-state index in [0.717, 1.165) is 11.4 Å². The molecule has 0 bridgehead atoms. The molecule has 162 valence electrons. The van der Waals surface area contributed by atoms with Crippen LogP contribution in [0.25, 0.3) is 11.3 Å². The summed E-state index contributed by atoms with van der Waals surface area (Å²) in [6, 6.07) is 13.5. The molecule has 1 aromatic heterocycles. The highest BCUT2D eigenvalue weighted by atomic mass is 19.1. The van der Waals surface area contributed by atoms with Crippen LogP contribution < -0.4 is 9.64 Å². The fourth-order valence-electron chi connectivity index (χ4n) is 3.84. The van der Waals surface area contributed by atoms with Crippen molar-refractivity contribution in [3.05, 3.63) is 65.7 Å². The molecule has 0 spiro atoms. The summed E-state index contributed by atoms with van der Waals surface area (Å²) in [5, 5.41) is 14.3. The van der Waals surface area contributed by atoms with Crippen molar-refractivity contribution >= 4 is 11.6 Å². The molecule has 1 N–H and O–H groups in total. The summed E-state index contributed by atoms with van der Waals surface area (Å²) in [5.74, 6) is 0.101. The number of ether oxygens (including phenoxy) is 1. The summed E-state index contributed by atoms with van der Waals surface area (Å²) in [5.41, 5.74) is 2.20. The molecular weight excluding hydrogens is 401 g/mol. The lowest BCUT2D eigenvalue weighted by Crippen LogP contribution is -2.49. The Kier molecular flexibility index (Phi) is 5.90. The van der Waals surface area contributed by atoms with Gasteiger partial charge in [-0.25, -0.2) is 4.39 Å². The number of para-hydroxylation sites is 2. The largest absolute Gasteiger partial charge is 0.495 e. The third-order valence-corrected chi connectivity index (χ3v) is 5.45. The number of piperazine rings is 1. The third-order valence-electron chi connectivity index (χ3n) is 5.45. The van der Waals surface area contributed by atoms with Crippen molar-refractivity contribution in [1.29, 1.82) is 0 Å². The molecule has 8 heteroatoms. The van der Waals surface area contributed by atoms with Gasteiger partial charge < -0.3 is 24.2 Å². The summed E-state index contributed by atoms with van der Waals surface area (Å²) in [6.07, 6.45) is -0.972. The molecule has 1 fully saturated rings. The number of hydrogen-bond donors (Lipinski definition) is 1. The Bertz CT molecular complexity index is 1060. The van der Waals surface area contributed by atoms with E-state index in [2.05, 4.69) is 10.1 Å². The summed E-state index contributed by atoms with van der Waals surface area (Å²) in [4.78, 5) is 17.0. The van der Waals surface area contributed by atoms with Crippen LogP contribution in [0.2, 0.25) is 0 Å². The first-order valence-corrected chi connectivity index (χ1v) is 10.1. The summed E-state index contributed by atoms with van der Waals surface area (Å²) in [6.45, 7) is 3.80. The fourth-order valence-corrected chi connectivity index (χ4v) is 3.84. The Labute approximate surface area is 179 Å². The molecule has 1 aliphatic heterocycles. The molecule has 0 saturated carbocycles. The molecule has 2 heterocycles. The molecule has 1 amide bonds. The van der Waals surface area contributed by atoms with Crippen molar-refractivity contribution in [2.45, 2.75) is 13.0 Å². The molecule has 1 atom stereocenters. The average molecular weight is 425 g/mol. The number of methoxy groups -OCH3 is 1. The molecule has 1 saturated heterocycles. The van der Waals surface area contributed by atoms with E-state index in [1.807, 2.05) is 24.3 Å². The monoisotopic (exact) mass is 425 g/mol. The minimum absolute atomic E-state index is 0.0140. The molecule has 31 heavy (non-hydrogen) atoms. The molecule has 2 aromatic carbocycles. The highest BCUT2D eigenvalue weighted by Gasteiger charge is 2.31. The minimum Gasteiger partial charge on any atom is -0.495 e. The van der Waals surface area contributed by atoms with Crippen molar-refractivity contribution < 1.29 is 23.6 Å². The van der Waals surface area contributed by atoms with Crippen LogP contribution in [0.4, 0.5) is 10.1 Å². The van der Waals surface area contributed by atoms with Gasteiger partial charge in [0.15, 0.2) is 0 Å². The van der Waals surface area contributed by atoms with Gasteiger partial charge >= 0.3 is 0 Å². The zero-order valence-corrected chi connectivity index (χ0v) is 17.4. The molecule has 1 aliphatic rings. The van der Waals surface area contributed by atoms with Gasteiger partial charge in [0.2, 0.25) is 5.76 Å². The number of carbonyl (C=O) groups excluding carboxylic acids is 1. The molecule has 0 unspecified atom stereocenters. The summed E-state index contributed by atoms with van der Waals surface area (Å²) in [7, 11) is 1.64. The number of carbonyl (C=O) groups is 1. The van der Waals surface area contributed by atoms with Gasteiger partial charge in [-0.05, 0) is 43.3 Å². The minimum atomic E-state index is -0.972. The van der Waals surface area contributed by atoms with Crippen LogP contribution in [0.3, 0.4) is 0 Å². The fraction of sp³-hybridized carbons (Fsp3) is 0.304.